The van der Waals surface area contributed by atoms with Gasteiger partial charge in [-0.25, -0.2) is 13.1 Å². The molecule has 10 heteroatoms. The lowest BCUT2D eigenvalue weighted by atomic mass is 10.1. The number of phenols is 1. The number of aromatic hydroxyl groups is 1. The number of rotatable bonds is 5. The first kappa shape index (κ1) is 15.6. The monoisotopic (exact) mass is 318 g/mol. The Bertz CT molecular complexity index is 653. The molecule has 9 nitrogen and oxygen atoms in total. The van der Waals surface area contributed by atoms with E-state index in [-0.39, 0.29) is 18.0 Å². The quantitative estimate of drug-likeness (QED) is 0.501. The smallest absolute Gasteiger partial charge is 0.312 e. The standard InChI is InChI=1S/C11H14N2O7S/c14-10-2-1-8(5-9(10)13(16)17)21(18,19)12-6-11(15)3-4-20-7-11/h1-2,5,12,14-15H,3-4,6-7H2. The van der Waals surface area contributed by atoms with Gasteiger partial charge in [0.1, 0.15) is 5.60 Å². The van der Waals surface area contributed by atoms with E-state index < -0.39 is 32.0 Å². The van der Waals surface area contributed by atoms with Crippen LogP contribution >= 0.6 is 0 Å². The predicted molar refractivity (Wildman–Crippen MR) is 70.3 cm³/mol. The number of sulfonamides is 1. The molecule has 1 heterocycles. The van der Waals surface area contributed by atoms with Crippen LogP contribution in [0.5, 0.6) is 5.75 Å². The highest BCUT2D eigenvalue weighted by Crippen LogP contribution is 2.28. The van der Waals surface area contributed by atoms with Crippen LogP contribution in [0.4, 0.5) is 5.69 Å². The Hall–Kier alpha value is -1.75. The van der Waals surface area contributed by atoms with Crippen LogP contribution in [0.3, 0.4) is 0 Å². The zero-order valence-electron chi connectivity index (χ0n) is 10.9. The molecule has 1 aliphatic heterocycles. The average Bonchev–Trinajstić information content (AvgIpc) is 2.84. The van der Waals surface area contributed by atoms with Crippen molar-refractivity contribution in [3.63, 3.8) is 0 Å². The Morgan fingerprint density at radius 2 is 2.19 bits per heavy atom. The lowest BCUT2D eigenvalue weighted by molar-refractivity contribution is -0.386. The van der Waals surface area contributed by atoms with E-state index >= 15 is 0 Å². The molecule has 1 unspecified atom stereocenters. The molecule has 1 fully saturated rings. The lowest BCUT2D eigenvalue weighted by Gasteiger charge is -2.20. The number of nitrogens with one attached hydrogen (secondary N) is 1. The van der Waals surface area contributed by atoms with E-state index in [4.69, 9.17) is 4.74 Å². The van der Waals surface area contributed by atoms with Crippen molar-refractivity contribution < 1.29 is 28.3 Å². The van der Waals surface area contributed by atoms with Gasteiger partial charge in [0.15, 0.2) is 5.75 Å². The molecule has 0 bridgehead atoms. The molecule has 1 aromatic rings. The van der Waals surface area contributed by atoms with Crippen LogP contribution in [0, 0.1) is 10.1 Å². The van der Waals surface area contributed by atoms with Gasteiger partial charge in [-0.05, 0) is 12.1 Å². The molecular weight excluding hydrogens is 304 g/mol. The molecule has 2 rings (SSSR count). The summed E-state index contributed by atoms with van der Waals surface area (Å²) in [6.07, 6.45) is 0.297. The fourth-order valence-electron chi connectivity index (χ4n) is 1.87. The highest BCUT2D eigenvalue weighted by Gasteiger charge is 2.34. The number of hydrogen-bond donors (Lipinski definition) is 3. The van der Waals surface area contributed by atoms with Gasteiger partial charge in [-0.2, -0.15) is 0 Å². The first-order chi connectivity index (χ1) is 9.73. The summed E-state index contributed by atoms with van der Waals surface area (Å²) < 4.78 is 31.3. The Labute approximate surface area is 120 Å². The SMILES string of the molecule is O=[N+]([O-])c1cc(S(=O)(=O)NCC2(O)CCOC2)ccc1O. The van der Waals surface area contributed by atoms with Crippen molar-refractivity contribution in [1.82, 2.24) is 4.72 Å². The van der Waals surface area contributed by atoms with Gasteiger partial charge >= 0.3 is 5.69 Å². The van der Waals surface area contributed by atoms with Crippen LogP contribution in [-0.4, -0.2) is 48.9 Å². The summed E-state index contributed by atoms with van der Waals surface area (Å²) >= 11 is 0. The molecule has 0 aliphatic carbocycles. The van der Waals surface area contributed by atoms with Crippen LogP contribution in [0.15, 0.2) is 23.1 Å². The number of aliphatic hydroxyl groups is 1. The van der Waals surface area contributed by atoms with Crippen molar-refractivity contribution in [2.24, 2.45) is 0 Å². The summed E-state index contributed by atoms with van der Waals surface area (Å²) in [5, 5.41) is 30.0. The van der Waals surface area contributed by atoms with Gasteiger partial charge in [-0.15, -0.1) is 0 Å². The Morgan fingerprint density at radius 1 is 1.48 bits per heavy atom. The minimum Gasteiger partial charge on any atom is -0.502 e. The highest BCUT2D eigenvalue weighted by atomic mass is 32.2. The van der Waals surface area contributed by atoms with E-state index in [9.17, 15) is 28.7 Å². The number of hydrogen-bond acceptors (Lipinski definition) is 7. The minimum absolute atomic E-state index is 0.0191. The van der Waals surface area contributed by atoms with E-state index in [1.54, 1.807) is 0 Å². The first-order valence-electron chi connectivity index (χ1n) is 6.01. The van der Waals surface area contributed by atoms with Crippen molar-refractivity contribution in [3.05, 3.63) is 28.3 Å². The van der Waals surface area contributed by atoms with Crippen molar-refractivity contribution in [2.75, 3.05) is 19.8 Å². The summed E-state index contributed by atoms with van der Waals surface area (Å²) in [6, 6.07) is 2.73. The third kappa shape index (κ3) is 3.47. The summed E-state index contributed by atoms with van der Waals surface area (Å²) in [6.45, 7) is 0.0954. The van der Waals surface area contributed by atoms with E-state index in [0.717, 1.165) is 18.2 Å². The Kier molecular flexibility index (Phi) is 4.14. The molecule has 0 saturated carbocycles. The van der Waals surface area contributed by atoms with Crippen LogP contribution in [0.1, 0.15) is 6.42 Å². The largest absolute Gasteiger partial charge is 0.502 e. The Balaban J connectivity index is 2.19. The molecule has 0 aromatic heterocycles. The fraction of sp³-hybridized carbons (Fsp3) is 0.455. The molecule has 0 radical (unpaired) electrons. The van der Waals surface area contributed by atoms with E-state index in [1.807, 2.05) is 0 Å². The minimum atomic E-state index is -4.04. The zero-order valence-corrected chi connectivity index (χ0v) is 11.7. The van der Waals surface area contributed by atoms with E-state index in [2.05, 4.69) is 4.72 Å². The van der Waals surface area contributed by atoms with Crippen molar-refractivity contribution >= 4 is 15.7 Å². The summed E-state index contributed by atoms with van der Waals surface area (Å²) in [4.78, 5) is 9.44. The number of nitro benzene ring substituents is 1. The number of benzene rings is 1. The molecule has 1 aromatic carbocycles. The van der Waals surface area contributed by atoms with E-state index in [1.165, 1.54) is 0 Å². The van der Waals surface area contributed by atoms with Gasteiger partial charge in [0.2, 0.25) is 10.0 Å². The molecule has 1 atom stereocenters. The number of nitrogens with zero attached hydrogens (tertiary/aromatic N) is 1. The number of ether oxygens (including phenoxy) is 1. The van der Waals surface area contributed by atoms with Gasteiger partial charge in [0.25, 0.3) is 0 Å². The van der Waals surface area contributed by atoms with Gasteiger partial charge in [0, 0.05) is 25.6 Å². The lowest BCUT2D eigenvalue weighted by Crippen LogP contribution is -2.43. The zero-order chi connectivity index (χ0) is 15.7. The van der Waals surface area contributed by atoms with Gasteiger partial charge in [-0.1, -0.05) is 0 Å². The molecule has 1 aliphatic rings. The summed E-state index contributed by atoms with van der Waals surface area (Å²) in [5.41, 5.74) is -1.99. The van der Waals surface area contributed by atoms with Crippen LogP contribution in [-0.2, 0) is 14.8 Å². The summed E-state index contributed by atoms with van der Waals surface area (Å²) in [7, 11) is -4.04. The maximum absolute atomic E-state index is 12.0. The van der Waals surface area contributed by atoms with Crippen molar-refractivity contribution in [1.29, 1.82) is 0 Å². The second-order valence-electron chi connectivity index (χ2n) is 4.76. The van der Waals surface area contributed by atoms with Gasteiger partial charge < -0.3 is 14.9 Å². The topological polar surface area (TPSA) is 139 Å². The van der Waals surface area contributed by atoms with Crippen LogP contribution < -0.4 is 4.72 Å². The third-order valence-electron chi connectivity index (χ3n) is 3.13. The first-order valence-corrected chi connectivity index (χ1v) is 7.49. The van der Waals surface area contributed by atoms with Crippen molar-refractivity contribution in [2.45, 2.75) is 16.9 Å². The normalized spacial score (nSPS) is 22.3. The highest BCUT2D eigenvalue weighted by molar-refractivity contribution is 7.89. The molecular formula is C11H14N2O7S. The van der Waals surface area contributed by atoms with Crippen LogP contribution in [0.25, 0.3) is 0 Å². The second kappa shape index (κ2) is 5.56. The third-order valence-corrected chi connectivity index (χ3v) is 4.53. The van der Waals surface area contributed by atoms with Crippen molar-refractivity contribution in [3.8, 4) is 5.75 Å². The number of phenolic OH excluding ortho intramolecular Hbond substituents is 1. The van der Waals surface area contributed by atoms with Gasteiger partial charge in [-0.3, -0.25) is 10.1 Å². The van der Waals surface area contributed by atoms with Crippen LogP contribution in [0.2, 0.25) is 0 Å². The summed E-state index contributed by atoms with van der Waals surface area (Å²) in [5.74, 6) is -0.623. The fourth-order valence-corrected chi connectivity index (χ4v) is 3.00. The maximum atomic E-state index is 12.0. The second-order valence-corrected chi connectivity index (χ2v) is 6.53. The molecule has 0 spiro atoms. The molecule has 0 amide bonds. The predicted octanol–water partition coefficient (Wildman–Crippen LogP) is -0.270. The average molecular weight is 318 g/mol. The molecule has 3 N–H and O–H groups in total. The molecule has 116 valence electrons. The Morgan fingerprint density at radius 3 is 2.76 bits per heavy atom. The van der Waals surface area contributed by atoms with Gasteiger partial charge in [0.05, 0.1) is 16.4 Å². The number of nitro groups is 1. The van der Waals surface area contributed by atoms with E-state index in [0.29, 0.717) is 13.0 Å². The molecule has 21 heavy (non-hydrogen) atoms. The molecule has 1 saturated heterocycles. The maximum Gasteiger partial charge on any atom is 0.312 e.